The molecule has 8 nitrogen and oxygen atoms in total. The molecule has 1 aromatic carbocycles. The molecule has 0 saturated carbocycles. The van der Waals surface area contributed by atoms with Crippen LogP contribution in [-0.4, -0.2) is 45.6 Å². The third kappa shape index (κ3) is 6.94. The number of nitrogens with two attached hydrogens (primary N) is 1. The molecule has 42 heavy (non-hydrogen) atoms. The van der Waals surface area contributed by atoms with E-state index in [4.69, 9.17) is 10.5 Å². The smallest absolute Gasteiger partial charge is 0.433 e. The Morgan fingerprint density at radius 3 is 2.26 bits per heavy atom. The molecule has 0 aliphatic carbocycles. The largest absolute Gasteiger partial charge is 0.471 e. The highest BCUT2D eigenvalue weighted by Crippen LogP contribution is 2.39. The Hall–Kier alpha value is -4.31. The third-order valence-electron chi connectivity index (χ3n) is 6.37. The number of anilines is 2. The minimum Gasteiger partial charge on any atom is -0.471 e. The van der Waals surface area contributed by atoms with Crippen molar-refractivity contribution in [3.05, 3.63) is 70.9 Å². The lowest BCUT2D eigenvalue weighted by Crippen LogP contribution is -2.41. The monoisotopic (exact) mass is 608 g/mol. The van der Waals surface area contributed by atoms with Gasteiger partial charge in [0.25, 0.3) is 0 Å². The summed E-state index contributed by atoms with van der Waals surface area (Å²) >= 11 is 0. The molecule has 17 heteroatoms. The molecule has 226 valence electrons. The average molecular weight is 608 g/mol. The van der Waals surface area contributed by atoms with Gasteiger partial charge in [0.1, 0.15) is 11.5 Å². The van der Waals surface area contributed by atoms with E-state index in [1.807, 2.05) is 5.32 Å². The Labute approximate surface area is 231 Å². The summed E-state index contributed by atoms with van der Waals surface area (Å²) in [6.07, 6.45) is -8.95. The van der Waals surface area contributed by atoms with E-state index in [1.165, 1.54) is 0 Å². The molecule has 0 atom stereocenters. The molecule has 3 heterocycles. The molecule has 0 bridgehead atoms. The predicted octanol–water partition coefficient (Wildman–Crippen LogP) is 6.21. The van der Waals surface area contributed by atoms with Crippen molar-refractivity contribution in [2.75, 3.05) is 30.7 Å². The molecule has 1 aliphatic rings. The Morgan fingerprint density at radius 1 is 0.952 bits per heavy atom. The van der Waals surface area contributed by atoms with Crippen molar-refractivity contribution < 1.29 is 49.0 Å². The standard InChI is InChI=1S/C25H21F9N6O2/c26-16-4-1-3-14(24(29,30)31)20(16)39-22(41)40-9-7-13(8-10-40)19-15(11-36-21(35)38-19)23(27,28)12-42-18-6-2-5-17(37-18)25(32,33)34/h1-6,11,13H,7-10,12H2,(H,39,41)(H2,35,36,38). The first-order valence-electron chi connectivity index (χ1n) is 12.2. The number of carbonyl (C=O) groups excluding carboxylic acids is 1. The van der Waals surface area contributed by atoms with Gasteiger partial charge in [0.2, 0.25) is 11.8 Å². The van der Waals surface area contributed by atoms with E-state index in [0.717, 1.165) is 35.4 Å². The summed E-state index contributed by atoms with van der Waals surface area (Å²) in [4.78, 5) is 24.4. The van der Waals surface area contributed by atoms with Gasteiger partial charge in [-0.3, -0.25) is 0 Å². The fourth-order valence-electron chi connectivity index (χ4n) is 4.33. The second kappa shape index (κ2) is 11.5. The summed E-state index contributed by atoms with van der Waals surface area (Å²) in [5.41, 5.74) is 0.945. The number of aromatic nitrogens is 3. The van der Waals surface area contributed by atoms with E-state index >= 15 is 8.78 Å². The highest BCUT2D eigenvalue weighted by atomic mass is 19.4. The maximum absolute atomic E-state index is 15.2. The first kappa shape index (κ1) is 30.6. The lowest BCUT2D eigenvalue weighted by atomic mass is 9.89. The normalized spacial score (nSPS) is 15.0. The molecule has 1 saturated heterocycles. The first-order chi connectivity index (χ1) is 19.6. The van der Waals surface area contributed by atoms with Crippen LogP contribution in [0.15, 0.2) is 42.6 Å². The topological polar surface area (TPSA) is 106 Å². The second-order valence-electron chi connectivity index (χ2n) is 9.23. The number of nitrogen functional groups attached to an aromatic ring is 1. The SMILES string of the molecule is Nc1ncc(C(F)(F)COc2cccc(C(F)(F)F)n2)c(C2CCN(C(=O)Nc3c(F)cccc3C(F)(F)F)CC2)n1. The number of carbonyl (C=O) groups is 1. The number of benzene rings is 1. The maximum atomic E-state index is 15.2. The predicted molar refractivity (Wildman–Crippen MR) is 129 cm³/mol. The molecule has 1 fully saturated rings. The summed E-state index contributed by atoms with van der Waals surface area (Å²) in [7, 11) is 0. The Bertz CT molecular complexity index is 1440. The number of urea groups is 1. The van der Waals surface area contributed by atoms with E-state index in [1.54, 1.807) is 0 Å². The van der Waals surface area contributed by atoms with E-state index in [2.05, 4.69) is 15.0 Å². The molecular weight excluding hydrogens is 587 g/mol. The van der Waals surface area contributed by atoms with Crippen LogP contribution in [0, 0.1) is 5.82 Å². The van der Waals surface area contributed by atoms with Gasteiger partial charge in [0.15, 0.2) is 6.61 Å². The van der Waals surface area contributed by atoms with E-state index in [0.29, 0.717) is 12.1 Å². The fourth-order valence-corrected chi connectivity index (χ4v) is 4.33. The van der Waals surface area contributed by atoms with Crippen LogP contribution in [-0.2, 0) is 18.3 Å². The molecule has 3 N–H and O–H groups in total. The minimum absolute atomic E-state index is 0.0202. The Kier molecular flexibility index (Phi) is 8.41. The van der Waals surface area contributed by atoms with Gasteiger partial charge in [-0.05, 0) is 31.0 Å². The molecule has 0 radical (unpaired) electrons. The second-order valence-corrected chi connectivity index (χ2v) is 9.23. The van der Waals surface area contributed by atoms with Crippen molar-refractivity contribution in [1.82, 2.24) is 19.9 Å². The van der Waals surface area contributed by atoms with Crippen LogP contribution in [0.2, 0.25) is 0 Å². The summed E-state index contributed by atoms with van der Waals surface area (Å²) in [5, 5.41) is 1.93. The van der Waals surface area contributed by atoms with E-state index < -0.39 is 71.0 Å². The zero-order valence-corrected chi connectivity index (χ0v) is 21.2. The number of para-hydroxylation sites is 1. The van der Waals surface area contributed by atoms with Crippen LogP contribution in [0.4, 0.5) is 55.9 Å². The number of ether oxygens (including phenoxy) is 1. The van der Waals surface area contributed by atoms with Crippen LogP contribution in [0.1, 0.15) is 41.3 Å². The summed E-state index contributed by atoms with van der Waals surface area (Å²) in [5.74, 6) is -6.86. The zero-order valence-electron chi connectivity index (χ0n) is 21.2. The molecule has 1 aliphatic heterocycles. The molecule has 2 amide bonds. The van der Waals surface area contributed by atoms with E-state index in [-0.39, 0.29) is 37.6 Å². The number of amides is 2. The fraction of sp³-hybridized carbons (Fsp3) is 0.360. The summed E-state index contributed by atoms with van der Waals surface area (Å²) in [6, 6.07) is 3.76. The van der Waals surface area contributed by atoms with Gasteiger partial charge in [-0.1, -0.05) is 12.1 Å². The van der Waals surface area contributed by atoms with Crippen LogP contribution < -0.4 is 15.8 Å². The van der Waals surface area contributed by atoms with E-state index in [9.17, 15) is 35.5 Å². The number of hydrogen-bond acceptors (Lipinski definition) is 6. The Balaban J connectivity index is 1.46. The lowest BCUT2D eigenvalue weighted by Gasteiger charge is -2.33. The van der Waals surface area contributed by atoms with Crippen LogP contribution in [0.5, 0.6) is 5.88 Å². The van der Waals surface area contributed by atoms with Gasteiger partial charge < -0.3 is 20.7 Å². The van der Waals surface area contributed by atoms with Crippen molar-refractivity contribution in [1.29, 1.82) is 0 Å². The maximum Gasteiger partial charge on any atom is 0.433 e. The molecule has 2 aromatic heterocycles. The average Bonchev–Trinajstić information content (AvgIpc) is 2.92. The van der Waals surface area contributed by atoms with Gasteiger partial charge in [0, 0.05) is 31.3 Å². The molecular formula is C25H21F9N6O2. The van der Waals surface area contributed by atoms with Crippen molar-refractivity contribution in [3.63, 3.8) is 0 Å². The number of likely N-dealkylation sites (tertiary alicyclic amines) is 1. The quantitative estimate of drug-likeness (QED) is 0.323. The summed E-state index contributed by atoms with van der Waals surface area (Å²) in [6.45, 7) is -1.65. The number of hydrogen-bond donors (Lipinski definition) is 2. The van der Waals surface area contributed by atoms with Crippen molar-refractivity contribution in [3.8, 4) is 5.88 Å². The number of halogens is 9. The number of nitrogens with one attached hydrogen (secondary N) is 1. The highest BCUT2D eigenvalue weighted by Gasteiger charge is 2.40. The third-order valence-corrected chi connectivity index (χ3v) is 6.37. The first-order valence-corrected chi connectivity index (χ1v) is 12.2. The van der Waals surface area contributed by atoms with Gasteiger partial charge >= 0.3 is 24.3 Å². The van der Waals surface area contributed by atoms with Gasteiger partial charge in [0.05, 0.1) is 22.5 Å². The van der Waals surface area contributed by atoms with Gasteiger partial charge in [-0.25, -0.2) is 24.1 Å². The molecule has 4 rings (SSSR count). The van der Waals surface area contributed by atoms with Gasteiger partial charge in [-0.2, -0.15) is 35.1 Å². The van der Waals surface area contributed by atoms with Crippen molar-refractivity contribution in [2.45, 2.75) is 37.0 Å². The van der Waals surface area contributed by atoms with Gasteiger partial charge in [-0.15, -0.1) is 0 Å². The molecule has 0 unspecified atom stereocenters. The lowest BCUT2D eigenvalue weighted by molar-refractivity contribution is -0.141. The van der Waals surface area contributed by atoms with Crippen LogP contribution >= 0.6 is 0 Å². The number of rotatable bonds is 6. The number of nitrogens with zero attached hydrogens (tertiary/aromatic N) is 4. The minimum atomic E-state index is -4.94. The summed E-state index contributed by atoms with van der Waals surface area (Å²) < 4.78 is 128. The number of alkyl halides is 8. The van der Waals surface area contributed by atoms with Crippen LogP contribution in [0.3, 0.4) is 0 Å². The zero-order chi connectivity index (χ0) is 30.9. The van der Waals surface area contributed by atoms with Crippen LogP contribution in [0.25, 0.3) is 0 Å². The van der Waals surface area contributed by atoms with Crippen molar-refractivity contribution >= 4 is 17.7 Å². The number of pyridine rings is 1. The molecule has 0 spiro atoms. The highest BCUT2D eigenvalue weighted by molar-refractivity contribution is 5.90. The molecule has 3 aromatic rings. The van der Waals surface area contributed by atoms with Crippen molar-refractivity contribution in [2.24, 2.45) is 0 Å². The Morgan fingerprint density at radius 2 is 1.62 bits per heavy atom. The number of piperidine rings is 1.